The minimum absolute atomic E-state index is 0.0684. The molecule has 2 rings (SSSR count). The molecule has 0 bridgehead atoms. The van der Waals surface area contributed by atoms with Crippen LogP contribution in [0.25, 0.3) is 0 Å². The van der Waals surface area contributed by atoms with E-state index in [1.165, 1.54) is 11.3 Å². The smallest absolute Gasteiger partial charge is 0.280 e. The van der Waals surface area contributed by atoms with Crippen molar-refractivity contribution in [2.24, 2.45) is 10.3 Å². The van der Waals surface area contributed by atoms with E-state index in [1.807, 2.05) is 17.5 Å². The van der Waals surface area contributed by atoms with Crippen molar-refractivity contribution >= 4 is 50.8 Å². The lowest BCUT2D eigenvalue weighted by Crippen LogP contribution is -2.22. The van der Waals surface area contributed by atoms with Crippen LogP contribution < -0.4 is 5.43 Å². The Bertz CT molecular complexity index is 867. The number of hydrazone groups is 1. The minimum atomic E-state index is -0.609. The molecule has 1 amide bonds. The van der Waals surface area contributed by atoms with Crippen molar-refractivity contribution in [3.8, 4) is 5.75 Å². The molecule has 1 heterocycles. The number of amides is 1. The van der Waals surface area contributed by atoms with Gasteiger partial charge in [-0.15, -0.1) is 11.3 Å². The second-order valence-corrected chi connectivity index (χ2v) is 6.65. The number of hydrogen-bond acceptors (Lipinski definition) is 8. The molecule has 136 valence electrons. The van der Waals surface area contributed by atoms with Gasteiger partial charge in [-0.2, -0.15) is 5.10 Å². The molecule has 0 unspecified atom stereocenters. The van der Waals surface area contributed by atoms with Crippen molar-refractivity contribution in [2.45, 2.75) is 6.92 Å². The van der Waals surface area contributed by atoms with Crippen LogP contribution >= 0.6 is 27.3 Å². The van der Waals surface area contributed by atoms with Crippen LogP contribution in [-0.2, 0) is 9.63 Å². The van der Waals surface area contributed by atoms with Crippen molar-refractivity contribution in [2.75, 3.05) is 6.61 Å². The van der Waals surface area contributed by atoms with Crippen molar-refractivity contribution in [1.29, 1.82) is 0 Å². The van der Waals surface area contributed by atoms with E-state index in [0.717, 1.165) is 23.2 Å². The number of nitrogens with zero attached hydrogens (tertiary/aromatic N) is 3. The van der Waals surface area contributed by atoms with Gasteiger partial charge >= 0.3 is 0 Å². The zero-order chi connectivity index (χ0) is 19.1. The van der Waals surface area contributed by atoms with Gasteiger partial charge in [0.15, 0.2) is 6.61 Å². The highest BCUT2D eigenvalue weighted by Crippen LogP contribution is 2.31. The molecule has 1 aromatic carbocycles. The highest BCUT2D eigenvalue weighted by molar-refractivity contribution is 9.10. The number of phenolic OH excluding ortho intramolecular Hbond substituents is 1. The zero-order valence-electron chi connectivity index (χ0n) is 13.4. The van der Waals surface area contributed by atoms with Crippen molar-refractivity contribution in [1.82, 2.24) is 5.43 Å². The average Bonchev–Trinajstić information content (AvgIpc) is 3.13. The lowest BCUT2D eigenvalue weighted by molar-refractivity contribution is -0.385. The molecule has 0 aliphatic carbocycles. The predicted molar refractivity (Wildman–Crippen MR) is 101 cm³/mol. The van der Waals surface area contributed by atoms with Gasteiger partial charge in [0.05, 0.1) is 26.2 Å². The Morgan fingerprint density at radius 3 is 2.96 bits per heavy atom. The van der Waals surface area contributed by atoms with E-state index in [0.29, 0.717) is 5.71 Å². The molecule has 0 saturated carbocycles. The molecule has 0 radical (unpaired) electrons. The molecular formula is C15H13BrN4O5S. The molecule has 0 aliphatic heterocycles. The molecule has 26 heavy (non-hydrogen) atoms. The predicted octanol–water partition coefficient (Wildman–Crippen LogP) is 3.02. The summed E-state index contributed by atoms with van der Waals surface area (Å²) < 4.78 is 0.140. The summed E-state index contributed by atoms with van der Waals surface area (Å²) >= 11 is 4.51. The summed E-state index contributed by atoms with van der Waals surface area (Å²) in [6, 6.07) is 6.04. The third kappa shape index (κ3) is 5.36. The third-order valence-corrected chi connectivity index (χ3v) is 4.54. The lowest BCUT2D eigenvalue weighted by atomic mass is 10.2. The van der Waals surface area contributed by atoms with Crippen LogP contribution in [0.1, 0.15) is 17.4 Å². The largest absolute Gasteiger partial charge is 0.506 e. The normalized spacial score (nSPS) is 11.5. The van der Waals surface area contributed by atoms with E-state index in [-0.39, 0.29) is 28.1 Å². The van der Waals surface area contributed by atoms with Gasteiger partial charge in [0.2, 0.25) is 0 Å². The minimum Gasteiger partial charge on any atom is -0.506 e. The fraction of sp³-hybridized carbons (Fsp3) is 0.133. The Morgan fingerprint density at radius 2 is 2.31 bits per heavy atom. The van der Waals surface area contributed by atoms with Gasteiger partial charge < -0.3 is 9.94 Å². The number of phenols is 1. The standard InChI is InChI=1S/C15H13BrN4O5S/c1-9(13-3-2-4-26-13)19-25-8-14(21)18-17-7-10-5-11(20(23)24)6-12(16)15(10)22/h2-7,22H,8H2,1H3,(H,18,21). The summed E-state index contributed by atoms with van der Waals surface area (Å²) in [5.41, 5.74) is 2.66. The maximum Gasteiger partial charge on any atom is 0.280 e. The number of carbonyl (C=O) groups is 1. The molecule has 0 aliphatic rings. The van der Waals surface area contributed by atoms with E-state index in [4.69, 9.17) is 4.84 Å². The topological polar surface area (TPSA) is 126 Å². The Morgan fingerprint density at radius 1 is 1.54 bits per heavy atom. The summed E-state index contributed by atoms with van der Waals surface area (Å²) in [6.07, 6.45) is 1.09. The van der Waals surface area contributed by atoms with Crippen LogP contribution in [0.5, 0.6) is 5.75 Å². The Hall–Kier alpha value is -2.79. The number of nitrogens with one attached hydrogen (secondary N) is 1. The van der Waals surface area contributed by atoms with E-state index in [9.17, 15) is 20.0 Å². The fourth-order valence-corrected chi connectivity index (χ4v) is 2.86. The average molecular weight is 441 g/mol. The first-order valence-corrected chi connectivity index (χ1v) is 8.75. The molecule has 2 aromatic rings. The molecule has 0 spiro atoms. The van der Waals surface area contributed by atoms with Crippen molar-refractivity contribution < 1.29 is 19.7 Å². The summed E-state index contributed by atoms with van der Waals surface area (Å²) in [4.78, 5) is 27.7. The van der Waals surface area contributed by atoms with Crippen LogP contribution in [0.3, 0.4) is 0 Å². The highest BCUT2D eigenvalue weighted by atomic mass is 79.9. The van der Waals surface area contributed by atoms with E-state index >= 15 is 0 Å². The van der Waals surface area contributed by atoms with Gasteiger partial charge in [-0.05, 0) is 34.3 Å². The quantitative estimate of drug-likeness (QED) is 0.388. The van der Waals surface area contributed by atoms with Crippen molar-refractivity contribution in [3.05, 3.63) is 54.7 Å². The molecule has 0 atom stereocenters. The number of benzene rings is 1. The molecule has 0 saturated heterocycles. The van der Waals surface area contributed by atoms with Gasteiger partial charge in [0.25, 0.3) is 11.6 Å². The summed E-state index contributed by atoms with van der Waals surface area (Å²) in [5, 5.41) is 30.0. The number of thiophene rings is 1. The van der Waals surface area contributed by atoms with Gasteiger partial charge in [-0.3, -0.25) is 14.9 Å². The number of non-ortho nitro benzene ring substituents is 1. The second-order valence-electron chi connectivity index (χ2n) is 4.84. The molecule has 2 N–H and O–H groups in total. The molecule has 9 nitrogen and oxygen atoms in total. The first-order chi connectivity index (χ1) is 12.4. The highest BCUT2D eigenvalue weighted by Gasteiger charge is 2.13. The lowest BCUT2D eigenvalue weighted by Gasteiger charge is -2.02. The van der Waals surface area contributed by atoms with Crippen LogP contribution in [0.4, 0.5) is 5.69 Å². The van der Waals surface area contributed by atoms with Crippen LogP contribution in [0.2, 0.25) is 0 Å². The summed E-state index contributed by atoms with van der Waals surface area (Å²) in [7, 11) is 0. The summed E-state index contributed by atoms with van der Waals surface area (Å²) in [6.45, 7) is 1.40. The first kappa shape index (κ1) is 19.5. The SMILES string of the molecule is CC(=NOCC(=O)NN=Cc1cc([N+](=O)[O-])cc(Br)c1O)c1cccs1. The number of aromatic hydroxyl groups is 1. The maximum atomic E-state index is 11.6. The van der Waals surface area contributed by atoms with Gasteiger partial charge in [-0.25, -0.2) is 5.43 Å². The maximum absolute atomic E-state index is 11.6. The number of carbonyl (C=O) groups excluding carboxylic acids is 1. The van der Waals surface area contributed by atoms with Gasteiger partial charge in [-0.1, -0.05) is 11.2 Å². The van der Waals surface area contributed by atoms with Gasteiger partial charge in [0, 0.05) is 17.7 Å². The van der Waals surface area contributed by atoms with Crippen LogP contribution in [0.15, 0.2) is 44.4 Å². The second kappa shape index (κ2) is 9.06. The number of hydrogen-bond donors (Lipinski definition) is 2. The Labute approximate surface area is 160 Å². The third-order valence-electron chi connectivity index (χ3n) is 2.96. The number of rotatable bonds is 7. The summed E-state index contributed by atoms with van der Waals surface area (Å²) in [5.74, 6) is -0.811. The van der Waals surface area contributed by atoms with Crippen LogP contribution in [0, 0.1) is 10.1 Å². The monoisotopic (exact) mass is 440 g/mol. The number of nitro benzene ring substituents is 1. The van der Waals surface area contributed by atoms with E-state index < -0.39 is 10.8 Å². The molecule has 11 heteroatoms. The van der Waals surface area contributed by atoms with Crippen molar-refractivity contribution in [3.63, 3.8) is 0 Å². The van der Waals surface area contributed by atoms with Crippen LogP contribution in [-0.4, -0.2) is 34.5 Å². The van der Waals surface area contributed by atoms with E-state index in [2.05, 4.69) is 31.6 Å². The van der Waals surface area contributed by atoms with Gasteiger partial charge in [0.1, 0.15) is 5.75 Å². The molecular weight excluding hydrogens is 428 g/mol. The number of oxime groups is 1. The van der Waals surface area contributed by atoms with E-state index in [1.54, 1.807) is 6.92 Å². The molecule has 1 aromatic heterocycles. The Kier molecular flexibility index (Phi) is 6.81. The number of nitro groups is 1. The fourth-order valence-electron chi connectivity index (χ4n) is 1.73. The zero-order valence-corrected chi connectivity index (χ0v) is 15.8. The number of halogens is 1. The Balaban J connectivity index is 1.91. The first-order valence-electron chi connectivity index (χ1n) is 7.07. The molecule has 0 fully saturated rings.